The van der Waals surface area contributed by atoms with E-state index in [0.717, 1.165) is 17.7 Å². The second kappa shape index (κ2) is 7.13. The van der Waals surface area contributed by atoms with Gasteiger partial charge in [0.1, 0.15) is 11.5 Å². The van der Waals surface area contributed by atoms with Gasteiger partial charge in [-0.25, -0.2) is 0 Å². The van der Waals surface area contributed by atoms with Gasteiger partial charge in [0, 0.05) is 12.1 Å². The van der Waals surface area contributed by atoms with Gasteiger partial charge in [-0.1, -0.05) is 12.1 Å². The lowest BCUT2D eigenvalue weighted by molar-refractivity contribution is 0.0953. The van der Waals surface area contributed by atoms with Crippen LogP contribution in [0.15, 0.2) is 46.9 Å². The molecule has 0 fully saturated rings. The van der Waals surface area contributed by atoms with Crippen LogP contribution in [0, 0.1) is 0 Å². The number of carbonyl (C=O) groups excluding carboxylic acids is 1. The van der Waals surface area contributed by atoms with Crippen LogP contribution < -0.4 is 10.1 Å². The van der Waals surface area contributed by atoms with Gasteiger partial charge in [0.05, 0.1) is 11.6 Å². The minimum atomic E-state index is -0.202. The number of halogens is 1. The summed E-state index contributed by atoms with van der Waals surface area (Å²) < 4.78 is 5.66. The number of phenolic OH excluding ortho intramolecular Hbond substituents is 1. The highest BCUT2D eigenvalue weighted by atomic mass is 79.9. The predicted molar refractivity (Wildman–Crippen MR) is 84.8 cm³/mol. The molecule has 2 aromatic carbocycles. The summed E-state index contributed by atoms with van der Waals surface area (Å²) in [6.07, 6.45) is 0.734. The van der Waals surface area contributed by atoms with E-state index in [4.69, 9.17) is 4.74 Å². The van der Waals surface area contributed by atoms with E-state index in [1.807, 2.05) is 24.3 Å². The van der Waals surface area contributed by atoms with Crippen LogP contribution in [-0.4, -0.2) is 24.7 Å². The third kappa shape index (κ3) is 4.23. The molecular weight excluding hydrogens is 334 g/mol. The molecule has 0 unspecified atom stereocenters. The topological polar surface area (TPSA) is 58.6 Å². The zero-order valence-corrected chi connectivity index (χ0v) is 13.2. The van der Waals surface area contributed by atoms with Crippen molar-refractivity contribution in [2.45, 2.75) is 6.42 Å². The largest absolute Gasteiger partial charge is 0.507 e. The third-order valence-corrected chi connectivity index (χ3v) is 3.74. The fourth-order valence-corrected chi connectivity index (χ4v) is 2.12. The molecule has 0 atom stereocenters. The molecule has 0 aromatic heterocycles. The molecule has 0 bridgehead atoms. The highest BCUT2D eigenvalue weighted by Crippen LogP contribution is 2.24. The lowest BCUT2D eigenvalue weighted by atomic mass is 10.1. The monoisotopic (exact) mass is 349 g/mol. The number of ether oxygens (including phenoxy) is 1. The van der Waals surface area contributed by atoms with Crippen molar-refractivity contribution < 1.29 is 14.6 Å². The Labute approximate surface area is 131 Å². The summed E-state index contributed by atoms with van der Waals surface area (Å²) in [7, 11) is 1.63. The third-order valence-electron chi connectivity index (χ3n) is 3.07. The Morgan fingerprint density at radius 3 is 2.57 bits per heavy atom. The number of hydrogen-bond donors (Lipinski definition) is 2. The van der Waals surface area contributed by atoms with Crippen molar-refractivity contribution >= 4 is 21.8 Å². The van der Waals surface area contributed by atoms with Crippen molar-refractivity contribution in [2.75, 3.05) is 13.7 Å². The maximum atomic E-state index is 11.9. The number of aromatic hydroxyl groups is 1. The summed E-state index contributed by atoms with van der Waals surface area (Å²) >= 11 is 3.18. The average Bonchev–Trinajstić information content (AvgIpc) is 2.50. The highest BCUT2D eigenvalue weighted by Gasteiger charge is 2.07. The van der Waals surface area contributed by atoms with Gasteiger partial charge >= 0.3 is 0 Å². The van der Waals surface area contributed by atoms with Crippen molar-refractivity contribution in [3.63, 3.8) is 0 Å². The van der Waals surface area contributed by atoms with Crippen LogP contribution in [0.2, 0.25) is 0 Å². The summed E-state index contributed by atoms with van der Waals surface area (Å²) in [6.45, 7) is 0.530. The number of nitrogens with one attached hydrogen (secondary N) is 1. The quantitative estimate of drug-likeness (QED) is 0.871. The van der Waals surface area contributed by atoms with E-state index in [1.165, 1.54) is 6.07 Å². The molecule has 4 nitrogen and oxygen atoms in total. The Bertz CT molecular complexity index is 626. The SMILES string of the molecule is COc1ccc(CCNC(=O)c2ccc(Br)c(O)c2)cc1. The standard InChI is InChI=1S/C16H16BrNO3/c1-21-13-5-2-11(3-6-13)8-9-18-16(20)12-4-7-14(17)15(19)10-12/h2-7,10,19H,8-9H2,1H3,(H,18,20). The number of methoxy groups -OCH3 is 1. The maximum absolute atomic E-state index is 11.9. The summed E-state index contributed by atoms with van der Waals surface area (Å²) in [4.78, 5) is 11.9. The molecule has 5 heteroatoms. The first-order valence-electron chi connectivity index (χ1n) is 6.50. The Hall–Kier alpha value is -2.01. The molecule has 0 saturated heterocycles. The first-order valence-corrected chi connectivity index (χ1v) is 7.29. The minimum absolute atomic E-state index is 0.0535. The number of amides is 1. The molecule has 0 aliphatic rings. The molecule has 0 radical (unpaired) electrons. The predicted octanol–water partition coefficient (Wildman–Crippen LogP) is 3.14. The number of benzene rings is 2. The van der Waals surface area contributed by atoms with Crippen molar-refractivity contribution in [1.82, 2.24) is 5.32 Å². The van der Waals surface area contributed by atoms with Gasteiger partial charge < -0.3 is 15.2 Å². The molecule has 2 aromatic rings. The first-order chi connectivity index (χ1) is 10.1. The fraction of sp³-hybridized carbons (Fsp3) is 0.188. The van der Waals surface area contributed by atoms with Crippen LogP contribution in [0.25, 0.3) is 0 Å². The maximum Gasteiger partial charge on any atom is 0.251 e. The Balaban J connectivity index is 1.87. The average molecular weight is 350 g/mol. The number of rotatable bonds is 5. The minimum Gasteiger partial charge on any atom is -0.507 e. The van der Waals surface area contributed by atoms with Crippen LogP contribution >= 0.6 is 15.9 Å². The van der Waals surface area contributed by atoms with E-state index in [-0.39, 0.29) is 11.7 Å². The molecule has 0 aliphatic carbocycles. The Kier molecular flexibility index (Phi) is 5.22. The summed E-state index contributed by atoms with van der Waals surface area (Å²) in [5.41, 5.74) is 1.56. The van der Waals surface area contributed by atoms with Crippen LogP contribution in [0.4, 0.5) is 0 Å². The lowest BCUT2D eigenvalue weighted by Crippen LogP contribution is -2.25. The van der Waals surface area contributed by atoms with Crippen molar-refractivity contribution in [3.05, 3.63) is 58.1 Å². The number of carbonyl (C=O) groups is 1. The number of hydrogen-bond acceptors (Lipinski definition) is 3. The van der Waals surface area contributed by atoms with Gasteiger partial charge in [0.25, 0.3) is 5.91 Å². The molecule has 2 rings (SSSR count). The van der Waals surface area contributed by atoms with Crippen LogP contribution in [0.5, 0.6) is 11.5 Å². The van der Waals surface area contributed by atoms with E-state index < -0.39 is 0 Å². The molecular formula is C16H16BrNO3. The summed E-state index contributed by atoms with van der Waals surface area (Å²) in [5.74, 6) is 0.664. The van der Waals surface area contributed by atoms with E-state index in [1.54, 1.807) is 19.2 Å². The summed E-state index contributed by atoms with van der Waals surface area (Å²) in [5, 5.41) is 12.4. The lowest BCUT2D eigenvalue weighted by Gasteiger charge is -2.07. The molecule has 21 heavy (non-hydrogen) atoms. The van der Waals surface area contributed by atoms with Crippen LogP contribution in [0.3, 0.4) is 0 Å². The van der Waals surface area contributed by atoms with Gasteiger partial charge in [-0.3, -0.25) is 4.79 Å². The van der Waals surface area contributed by atoms with E-state index in [0.29, 0.717) is 16.6 Å². The molecule has 110 valence electrons. The zero-order chi connectivity index (χ0) is 15.2. The fourth-order valence-electron chi connectivity index (χ4n) is 1.87. The van der Waals surface area contributed by atoms with Crippen LogP contribution in [-0.2, 0) is 6.42 Å². The van der Waals surface area contributed by atoms with E-state index in [2.05, 4.69) is 21.2 Å². The first kappa shape index (κ1) is 15.4. The Morgan fingerprint density at radius 2 is 1.95 bits per heavy atom. The van der Waals surface area contributed by atoms with Crippen LogP contribution in [0.1, 0.15) is 15.9 Å². The van der Waals surface area contributed by atoms with E-state index >= 15 is 0 Å². The van der Waals surface area contributed by atoms with Gasteiger partial charge in [0.15, 0.2) is 0 Å². The second-order valence-corrected chi connectivity index (χ2v) is 5.37. The molecule has 0 aliphatic heterocycles. The van der Waals surface area contributed by atoms with Gasteiger partial charge in [-0.05, 0) is 58.2 Å². The van der Waals surface area contributed by atoms with Crippen molar-refractivity contribution in [3.8, 4) is 11.5 Å². The molecule has 2 N–H and O–H groups in total. The molecule has 0 saturated carbocycles. The van der Waals surface area contributed by atoms with Gasteiger partial charge in [-0.15, -0.1) is 0 Å². The molecule has 1 amide bonds. The normalized spacial score (nSPS) is 10.2. The zero-order valence-electron chi connectivity index (χ0n) is 11.6. The van der Waals surface area contributed by atoms with Crippen molar-refractivity contribution in [1.29, 1.82) is 0 Å². The van der Waals surface area contributed by atoms with Crippen molar-refractivity contribution in [2.24, 2.45) is 0 Å². The highest BCUT2D eigenvalue weighted by molar-refractivity contribution is 9.10. The van der Waals surface area contributed by atoms with E-state index in [9.17, 15) is 9.90 Å². The molecule has 0 spiro atoms. The smallest absolute Gasteiger partial charge is 0.251 e. The van der Waals surface area contributed by atoms with Gasteiger partial charge in [-0.2, -0.15) is 0 Å². The second-order valence-electron chi connectivity index (χ2n) is 4.52. The molecule has 0 heterocycles. The van der Waals surface area contributed by atoms with Gasteiger partial charge in [0.2, 0.25) is 0 Å². The number of phenols is 1. The summed E-state index contributed by atoms with van der Waals surface area (Å²) in [6, 6.07) is 12.5. The Morgan fingerprint density at radius 1 is 1.24 bits per heavy atom.